The second-order valence-corrected chi connectivity index (χ2v) is 10.9. The number of aryl methyl sites for hydroxylation is 2. The van der Waals surface area contributed by atoms with Crippen LogP contribution in [0.25, 0.3) is 0 Å². The van der Waals surface area contributed by atoms with E-state index >= 15 is 0 Å². The minimum Gasteiger partial charge on any atom is -0.444 e. The van der Waals surface area contributed by atoms with Crippen molar-refractivity contribution in [3.05, 3.63) is 40.6 Å². The molecule has 38 heavy (non-hydrogen) atoms. The molecule has 1 aliphatic rings. The number of anilines is 3. The molecule has 0 spiro atoms. The van der Waals surface area contributed by atoms with E-state index in [1.54, 1.807) is 4.90 Å². The standard InChI is InChI=1S/C28H42N6O4/c1-7-8-21(11-14-35)31-25-23(19(3)30-26(29)32-25)16-20-9-10-22(15-18(20)2)34-13-12-33(17-24(34)36)27(37)38-28(4,5)6/h9-10,15,21,35H,7-8,11-14,16-17H2,1-6H3,(H3,29,30,31,32)/t21-/m0/s1. The third-order valence-corrected chi connectivity index (χ3v) is 6.56. The number of aliphatic hydroxyl groups is 1. The van der Waals surface area contributed by atoms with Crippen molar-refractivity contribution in [2.75, 3.05) is 42.2 Å². The Balaban J connectivity index is 1.77. The van der Waals surface area contributed by atoms with Gasteiger partial charge in [-0.3, -0.25) is 9.69 Å². The van der Waals surface area contributed by atoms with Crippen LogP contribution in [0.2, 0.25) is 0 Å². The van der Waals surface area contributed by atoms with E-state index in [-0.39, 0.29) is 31.0 Å². The number of amides is 2. The number of hydrogen-bond donors (Lipinski definition) is 3. The fourth-order valence-electron chi connectivity index (χ4n) is 4.60. The van der Waals surface area contributed by atoms with Crippen molar-refractivity contribution in [2.24, 2.45) is 0 Å². The zero-order valence-corrected chi connectivity index (χ0v) is 23.5. The first-order valence-corrected chi connectivity index (χ1v) is 13.3. The first kappa shape index (κ1) is 29.2. The number of benzene rings is 1. The number of ether oxygens (including phenoxy) is 1. The van der Waals surface area contributed by atoms with Gasteiger partial charge in [-0.2, -0.15) is 4.98 Å². The number of aliphatic hydroxyl groups excluding tert-OH is 1. The molecule has 0 radical (unpaired) electrons. The van der Waals surface area contributed by atoms with Crippen molar-refractivity contribution in [3.8, 4) is 0 Å². The lowest BCUT2D eigenvalue weighted by atomic mass is 9.98. The highest BCUT2D eigenvalue weighted by Gasteiger charge is 2.31. The predicted octanol–water partition coefficient (Wildman–Crippen LogP) is 3.81. The Morgan fingerprint density at radius 1 is 1.21 bits per heavy atom. The molecule has 0 bridgehead atoms. The van der Waals surface area contributed by atoms with Crippen LogP contribution < -0.4 is 16.0 Å². The lowest BCUT2D eigenvalue weighted by Crippen LogP contribution is -2.53. The summed E-state index contributed by atoms with van der Waals surface area (Å²) < 4.78 is 5.42. The Kier molecular flexibility index (Phi) is 9.54. The molecule has 1 aromatic heterocycles. The van der Waals surface area contributed by atoms with Gasteiger partial charge in [0.05, 0.1) is 0 Å². The third kappa shape index (κ3) is 7.56. The zero-order chi connectivity index (χ0) is 28.0. The number of nitrogens with one attached hydrogen (secondary N) is 1. The van der Waals surface area contributed by atoms with Gasteiger partial charge in [0.1, 0.15) is 18.0 Å². The average molecular weight is 527 g/mol. The van der Waals surface area contributed by atoms with Gasteiger partial charge in [-0.05, 0) is 70.7 Å². The Bertz CT molecular complexity index is 1140. The molecule has 0 unspecified atom stereocenters. The van der Waals surface area contributed by atoms with E-state index in [2.05, 4.69) is 22.2 Å². The van der Waals surface area contributed by atoms with Crippen LogP contribution in [0.4, 0.5) is 22.2 Å². The number of piperazine rings is 1. The number of carbonyl (C=O) groups is 2. The third-order valence-electron chi connectivity index (χ3n) is 6.56. The molecule has 3 rings (SSSR count). The molecule has 2 amide bonds. The van der Waals surface area contributed by atoms with E-state index in [1.807, 2.05) is 52.8 Å². The van der Waals surface area contributed by atoms with Gasteiger partial charge in [-0.1, -0.05) is 19.4 Å². The van der Waals surface area contributed by atoms with Crippen LogP contribution >= 0.6 is 0 Å². The minimum atomic E-state index is -0.608. The van der Waals surface area contributed by atoms with Gasteiger partial charge < -0.3 is 25.8 Å². The van der Waals surface area contributed by atoms with Gasteiger partial charge in [0, 0.05) is 49.1 Å². The van der Waals surface area contributed by atoms with Crippen molar-refractivity contribution in [2.45, 2.75) is 78.9 Å². The normalized spacial score (nSPS) is 15.0. The Morgan fingerprint density at radius 3 is 2.55 bits per heavy atom. The summed E-state index contributed by atoms with van der Waals surface area (Å²) in [5.41, 5.74) is 10.0. The van der Waals surface area contributed by atoms with Crippen LogP contribution in [0.15, 0.2) is 18.2 Å². The van der Waals surface area contributed by atoms with Crippen molar-refractivity contribution in [1.29, 1.82) is 0 Å². The van der Waals surface area contributed by atoms with E-state index in [1.165, 1.54) is 4.90 Å². The molecule has 1 atom stereocenters. The summed E-state index contributed by atoms with van der Waals surface area (Å²) in [5, 5.41) is 13.0. The highest BCUT2D eigenvalue weighted by Crippen LogP contribution is 2.27. The molecule has 1 aromatic carbocycles. The first-order valence-electron chi connectivity index (χ1n) is 13.3. The fraction of sp³-hybridized carbons (Fsp3) is 0.571. The molecule has 10 nitrogen and oxygen atoms in total. The number of carbonyl (C=O) groups excluding carboxylic acids is 2. The van der Waals surface area contributed by atoms with Crippen LogP contribution in [-0.2, 0) is 16.0 Å². The predicted molar refractivity (Wildman–Crippen MR) is 149 cm³/mol. The number of aromatic nitrogens is 2. The lowest BCUT2D eigenvalue weighted by Gasteiger charge is -2.35. The van der Waals surface area contributed by atoms with Gasteiger partial charge in [-0.25, -0.2) is 9.78 Å². The first-order chi connectivity index (χ1) is 17.9. The van der Waals surface area contributed by atoms with Gasteiger partial charge in [0.2, 0.25) is 11.9 Å². The van der Waals surface area contributed by atoms with E-state index in [4.69, 9.17) is 10.5 Å². The molecule has 0 aliphatic carbocycles. The summed E-state index contributed by atoms with van der Waals surface area (Å²) >= 11 is 0. The number of nitrogens with zero attached hydrogens (tertiary/aromatic N) is 4. The summed E-state index contributed by atoms with van der Waals surface area (Å²) in [5.74, 6) is 0.761. The molecule has 10 heteroatoms. The SMILES string of the molecule is CCC[C@@H](CCO)Nc1nc(N)nc(C)c1Cc1ccc(N2CCN(C(=O)OC(C)(C)C)CC2=O)cc1C. The van der Waals surface area contributed by atoms with Gasteiger partial charge >= 0.3 is 6.09 Å². The number of hydrogen-bond acceptors (Lipinski definition) is 8. The van der Waals surface area contributed by atoms with E-state index in [0.717, 1.165) is 40.9 Å². The minimum absolute atomic E-state index is 0.0144. The quantitative estimate of drug-likeness (QED) is 0.449. The summed E-state index contributed by atoms with van der Waals surface area (Å²) in [6, 6.07) is 6.05. The van der Waals surface area contributed by atoms with Crippen LogP contribution in [0.5, 0.6) is 0 Å². The molecule has 2 heterocycles. The maximum atomic E-state index is 12.9. The van der Waals surface area contributed by atoms with E-state index in [9.17, 15) is 14.7 Å². The van der Waals surface area contributed by atoms with Crippen molar-refractivity contribution >= 4 is 29.5 Å². The van der Waals surface area contributed by atoms with Crippen molar-refractivity contribution < 1.29 is 19.4 Å². The van der Waals surface area contributed by atoms with Crippen LogP contribution in [0, 0.1) is 13.8 Å². The largest absolute Gasteiger partial charge is 0.444 e. The van der Waals surface area contributed by atoms with Crippen LogP contribution in [0.1, 0.15) is 69.3 Å². The van der Waals surface area contributed by atoms with Gasteiger partial charge in [0.15, 0.2) is 0 Å². The van der Waals surface area contributed by atoms with Gasteiger partial charge in [0.25, 0.3) is 0 Å². The van der Waals surface area contributed by atoms with Crippen LogP contribution in [0.3, 0.4) is 0 Å². The van der Waals surface area contributed by atoms with Crippen molar-refractivity contribution in [1.82, 2.24) is 14.9 Å². The summed E-state index contributed by atoms with van der Waals surface area (Å²) in [6.45, 7) is 12.4. The maximum absolute atomic E-state index is 12.9. The fourth-order valence-corrected chi connectivity index (χ4v) is 4.60. The second kappa shape index (κ2) is 12.4. The molecule has 0 saturated carbocycles. The topological polar surface area (TPSA) is 134 Å². The number of nitrogen functional groups attached to an aromatic ring is 1. The van der Waals surface area contributed by atoms with Crippen LogP contribution in [-0.4, -0.2) is 69.9 Å². The smallest absolute Gasteiger partial charge is 0.410 e. The highest BCUT2D eigenvalue weighted by atomic mass is 16.6. The monoisotopic (exact) mass is 526 g/mol. The van der Waals surface area contributed by atoms with Crippen molar-refractivity contribution in [3.63, 3.8) is 0 Å². The molecule has 1 fully saturated rings. The Morgan fingerprint density at radius 2 is 1.95 bits per heavy atom. The van der Waals surface area contributed by atoms with Gasteiger partial charge in [-0.15, -0.1) is 0 Å². The van der Waals surface area contributed by atoms with E-state index in [0.29, 0.717) is 31.7 Å². The Labute approximate surface area is 225 Å². The number of rotatable bonds is 9. The molecular formula is C28H42N6O4. The molecule has 208 valence electrons. The summed E-state index contributed by atoms with van der Waals surface area (Å²) in [7, 11) is 0. The summed E-state index contributed by atoms with van der Waals surface area (Å²) in [4.78, 5) is 37.3. The van der Waals surface area contributed by atoms with E-state index < -0.39 is 11.7 Å². The highest BCUT2D eigenvalue weighted by molar-refractivity contribution is 5.97. The zero-order valence-electron chi connectivity index (χ0n) is 23.5. The second-order valence-electron chi connectivity index (χ2n) is 10.9. The molecule has 1 aliphatic heterocycles. The Hall–Kier alpha value is -3.40. The maximum Gasteiger partial charge on any atom is 0.410 e. The summed E-state index contributed by atoms with van der Waals surface area (Å²) in [6.07, 6.45) is 2.64. The lowest BCUT2D eigenvalue weighted by molar-refractivity contribution is -0.121. The molecular weight excluding hydrogens is 484 g/mol. The molecule has 2 aromatic rings. The number of nitrogens with two attached hydrogens (primary N) is 1. The molecule has 4 N–H and O–H groups in total. The molecule has 1 saturated heterocycles. The average Bonchev–Trinajstić information content (AvgIpc) is 2.81.